The smallest absolute Gasteiger partial charge is 0.0670 e. The third-order valence-corrected chi connectivity index (χ3v) is 6.42. The molecule has 1 aromatic rings. The molecule has 0 aliphatic heterocycles. The van der Waals surface area contributed by atoms with E-state index in [0.29, 0.717) is 21.9 Å². The van der Waals surface area contributed by atoms with Crippen molar-refractivity contribution >= 4 is 23.2 Å². The second-order valence-corrected chi connectivity index (χ2v) is 8.38. The van der Waals surface area contributed by atoms with Gasteiger partial charge in [0.15, 0.2) is 0 Å². The Bertz CT molecular complexity index is 560. The first-order chi connectivity index (χ1) is 9.95. The van der Waals surface area contributed by atoms with Gasteiger partial charge in [0.25, 0.3) is 0 Å². The number of hydrogen-bond donors (Lipinski definition) is 2. The lowest BCUT2D eigenvalue weighted by molar-refractivity contribution is -0.142. The van der Waals surface area contributed by atoms with Crippen LogP contribution in [0.25, 0.3) is 0 Å². The van der Waals surface area contributed by atoms with Crippen molar-refractivity contribution in [3.8, 4) is 0 Å². The lowest BCUT2D eigenvalue weighted by atomic mass is 9.51. The molecule has 2 nitrogen and oxygen atoms in total. The average molecular weight is 326 g/mol. The van der Waals surface area contributed by atoms with Crippen LogP contribution in [0.3, 0.4) is 0 Å². The molecule has 4 aliphatic carbocycles. The summed E-state index contributed by atoms with van der Waals surface area (Å²) < 4.78 is 0. The lowest BCUT2D eigenvalue weighted by Crippen LogP contribution is -2.64. The summed E-state index contributed by atoms with van der Waals surface area (Å²) in [6.07, 6.45) is 6.69. The topological polar surface area (TPSA) is 32.3 Å². The molecule has 0 amide bonds. The van der Waals surface area contributed by atoms with Crippen molar-refractivity contribution in [2.45, 2.75) is 56.2 Å². The molecule has 4 fully saturated rings. The fraction of sp³-hybridized carbons (Fsp3) is 0.647. The van der Waals surface area contributed by atoms with E-state index in [9.17, 15) is 5.11 Å². The van der Waals surface area contributed by atoms with Gasteiger partial charge in [-0.25, -0.2) is 0 Å². The molecule has 21 heavy (non-hydrogen) atoms. The van der Waals surface area contributed by atoms with Gasteiger partial charge in [-0.1, -0.05) is 29.3 Å². The molecular weight excluding hydrogens is 305 g/mol. The van der Waals surface area contributed by atoms with E-state index >= 15 is 0 Å². The second kappa shape index (κ2) is 4.86. The molecule has 0 radical (unpaired) electrons. The Hall–Kier alpha value is -0.280. The van der Waals surface area contributed by atoms with E-state index in [1.807, 2.05) is 18.2 Å². The van der Waals surface area contributed by atoms with Crippen molar-refractivity contribution in [1.29, 1.82) is 0 Å². The fourth-order valence-electron chi connectivity index (χ4n) is 5.36. The summed E-state index contributed by atoms with van der Waals surface area (Å²) in [6, 6.07) is 5.82. The summed E-state index contributed by atoms with van der Waals surface area (Å²) in [6.45, 7) is 0.798. The van der Waals surface area contributed by atoms with Crippen molar-refractivity contribution in [2.75, 3.05) is 0 Å². The molecule has 2 N–H and O–H groups in total. The zero-order valence-corrected chi connectivity index (χ0v) is 13.6. The van der Waals surface area contributed by atoms with Crippen LogP contribution in [0.15, 0.2) is 18.2 Å². The highest BCUT2D eigenvalue weighted by molar-refractivity contribution is 6.42. The molecule has 114 valence electrons. The summed E-state index contributed by atoms with van der Waals surface area (Å²) in [5, 5.41) is 15.7. The zero-order valence-electron chi connectivity index (χ0n) is 12.0. The van der Waals surface area contributed by atoms with E-state index in [0.717, 1.165) is 31.4 Å². The molecule has 5 rings (SSSR count). The molecule has 4 saturated carbocycles. The van der Waals surface area contributed by atoms with Gasteiger partial charge in [-0.2, -0.15) is 0 Å². The Morgan fingerprint density at radius 2 is 1.81 bits per heavy atom. The minimum atomic E-state index is -0.408. The molecule has 1 aromatic carbocycles. The van der Waals surface area contributed by atoms with Crippen LogP contribution in [0.1, 0.15) is 44.1 Å². The number of rotatable bonds is 3. The van der Waals surface area contributed by atoms with Gasteiger partial charge < -0.3 is 10.4 Å². The Morgan fingerprint density at radius 3 is 2.43 bits per heavy atom. The monoisotopic (exact) mass is 325 g/mol. The minimum Gasteiger partial charge on any atom is -0.390 e. The largest absolute Gasteiger partial charge is 0.390 e. The number of nitrogens with one attached hydrogen (secondary N) is 1. The maximum atomic E-state index is 10.8. The summed E-state index contributed by atoms with van der Waals surface area (Å²) in [7, 11) is 0. The normalized spacial score (nSPS) is 40.7. The standard InChI is InChI=1S/C17H21Cl2NO/c18-14-2-1-11(4-15(14)19)9-20-16-5-12-3-13(6-16)8-17(21,7-12)10-16/h1-2,4,12-13,20-21H,3,5-10H2. The van der Waals surface area contributed by atoms with Crippen LogP contribution >= 0.6 is 23.2 Å². The first-order valence-electron chi connectivity index (χ1n) is 7.87. The van der Waals surface area contributed by atoms with Crippen molar-refractivity contribution in [3.63, 3.8) is 0 Å². The highest BCUT2D eigenvalue weighted by atomic mass is 35.5. The summed E-state index contributed by atoms with van der Waals surface area (Å²) in [4.78, 5) is 0. The van der Waals surface area contributed by atoms with E-state index in [4.69, 9.17) is 23.2 Å². The summed E-state index contributed by atoms with van der Waals surface area (Å²) >= 11 is 12.1. The van der Waals surface area contributed by atoms with Gasteiger partial charge in [0.2, 0.25) is 0 Å². The van der Waals surface area contributed by atoms with E-state index in [2.05, 4.69) is 5.32 Å². The molecule has 0 aromatic heterocycles. The maximum Gasteiger partial charge on any atom is 0.0670 e. The van der Waals surface area contributed by atoms with Crippen LogP contribution in [0.4, 0.5) is 0 Å². The maximum absolute atomic E-state index is 10.8. The molecular formula is C17H21Cl2NO. The molecule has 2 unspecified atom stereocenters. The van der Waals surface area contributed by atoms with Crippen molar-refractivity contribution in [1.82, 2.24) is 5.32 Å². The second-order valence-electron chi connectivity index (χ2n) is 7.57. The van der Waals surface area contributed by atoms with Crippen molar-refractivity contribution in [2.24, 2.45) is 11.8 Å². The summed E-state index contributed by atoms with van der Waals surface area (Å²) in [5.41, 5.74) is 0.881. The van der Waals surface area contributed by atoms with Gasteiger partial charge in [0.05, 0.1) is 15.6 Å². The number of halogens is 2. The van der Waals surface area contributed by atoms with Crippen molar-refractivity contribution < 1.29 is 5.11 Å². The molecule has 0 spiro atoms. The SMILES string of the molecule is OC12CC3CC(C1)CC(NCc1ccc(Cl)c(Cl)c1)(C3)C2. The predicted octanol–water partition coefficient (Wildman–Crippen LogP) is 4.17. The fourth-order valence-corrected chi connectivity index (χ4v) is 5.68. The third kappa shape index (κ3) is 2.61. The Kier molecular flexibility index (Phi) is 3.31. The highest BCUT2D eigenvalue weighted by Crippen LogP contribution is 2.57. The molecule has 4 heteroatoms. The van der Waals surface area contributed by atoms with Crippen LogP contribution in [0, 0.1) is 11.8 Å². The number of aliphatic hydroxyl groups is 1. The van der Waals surface area contributed by atoms with Gasteiger partial charge >= 0.3 is 0 Å². The molecule has 4 aliphatic rings. The van der Waals surface area contributed by atoms with Crippen LogP contribution in [-0.4, -0.2) is 16.2 Å². The molecule has 0 saturated heterocycles. The van der Waals surface area contributed by atoms with Crippen LogP contribution in [-0.2, 0) is 6.54 Å². The average Bonchev–Trinajstić information content (AvgIpc) is 2.37. The summed E-state index contributed by atoms with van der Waals surface area (Å²) in [5.74, 6) is 1.41. The van der Waals surface area contributed by atoms with Gasteiger partial charge in [0, 0.05) is 12.1 Å². The van der Waals surface area contributed by atoms with Gasteiger partial charge in [-0.3, -0.25) is 0 Å². The lowest BCUT2D eigenvalue weighted by Gasteiger charge is -2.60. The van der Waals surface area contributed by atoms with Gasteiger partial charge in [0.1, 0.15) is 0 Å². The Morgan fingerprint density at radius 1 is 1.10 bits per heavy atom. The van der Waals surface area contributed by atoms with Gasteiger partial charge in [-0.05, 0) is 68.1 Å². The van der Waals surface area contributed by atoms with Gasteiger partial charge in [-0.15, -0.1) is 0 Å². The Balaban J connectivity index is 1.50. The minimum absolute atomic E-state index is 0.130. The number of benzene rings is 1. The Labute approximate surface area is 135 Å². The zero-order chi connectivity index (χ0) is 14.7. The first-order valence-corrected chi connectivity index (χ1v) is 8.62. The molecule has 0 heterocycles. The third-order valence-electron chi connectivity index (χ3n) is 5.68. The molecule has 2 atom stereocenters. The predicted molar refractivity (Wildman–Crippen MR) is 85.7 cm³/mol. The number of hydrogen-bond acceptors (Lipinski definition) is 2. The highest BCUT2D eigenvalue weighted by Gasteiger charge is 2.56. The first kappa shape index (κ1) is 14.3. The van der Waals surface area contributed by atoms with E-state index in [-0.39, 0.29) is 5.54 Å². The van der Waals surface area contributed by atoms with Crippen LogP contribution in [0.5, 0.6) is 0 Å². The van der Waals surface area contributed by atoms with Crippen molar-refractivity contribution in [3.05, 3.63) is 33.8 Å². The van der Waals surface area contributed by atoms with Crippen LogP contribution in [0.2, 0.25) is 10.0 Å². The van der Waals surface area contributed by atoms with Crippen LogP contribution < -0.4 is 5.32 Å². The van der Waals surface area contributed by atoms with E-state index in [1.54, 1.807) is 0 Å². The van der Waals surface area contributed by atoms with E-state index in [1.165, 1.54) is 19.3 Å². The molecule has 4 bridgehead atoms. The van der Waals surface area contributed by atoms with E-state index < -0.39 is 5.60 Å². The quantitative estimate of drug-likeness (QED) is 0.874.